The smallest absolute Gasteiger partial charge is 0.236 e. The maximum Gasteiger partial charge on any atom is 0.236 e. The first-order chi connectivity index (χ1) is 16.4. The van der Waals surface area contributed by atoms with Crippen molar-refractivity contribution in [2.75, 3.05) is 45.1 Å². The molecule has 0 aliphatic carbocycles. The first-order valence-corrected chi connectivity index (χ1v) is 12.9. The lowest BCUT2D eigenvalue weighted by Gasteiger charge is -2.34. The number of guanidine groups is 1. The van der Waals surface area contributed by atoms with Gasteiger partial charge in [-0.3, -0.25) is 4.79 Å². The largest absolute Gasteiger partial charge is 0.491 e. The highest BCUT2D eigenvalue weighted by molar-refractivity contribution is 8.04. The van der Waals surface area contributed by atoms with Crippen molar-refractivity contribution < 1.29 is 9.53 Å². The molecular weight excluding hydrogens is 446 g/mol. The number of hydrogen-bond acceptors (Lipinski definition) is 7. The van der Waals surface area contributed by atoms with Gasteiger partial charge in [-0.2, -0.15) is 0 Å². The second-order valence-electron chi connectivity index (χ2n) is 9.25. The van der Waals surface area contributed by atoms with Crippen molar-refractivity contribution in [1.82, 2.24) is 9.80 Å². The number of allylic oxidation sites excluding steroid dienone is 2. The first-order valence-electron chi connectivity index (χ1n) is 12.0. The number of carbonyl (C=O) groups is 1. The van der Waals surface area contributed by atoms with Gasteiger partial charge >= 0.3 is 0 Å². The van der Waals surface area contributed by atoms with Crippen LogP contribution in [-0.2, 0) is 4.79 Å². The summed E-state index contributed by atoms with van der Waals surface area (Å²) in [6.07, 6.45) is 6.93. The van der Waals surface area contributed by atoms with Crippen LogP contribution in [0.25, 0.3) is 0 Å². The molecule has 7 nitrogen and oxygen atoms in total. The van der Waals surface area contributed by atoms with Crippen LogP contribution in [0.1, 0.15) is 27.2 Å². The van der Waals surface area contributed by atoms with Crippen LogP contribution in [-0.4, -0.2) is 79.0 Å². The average Bonchev–Trinajstić information content (AvgIpc) is 3.12. The number of benzene rings is 1. The number of nitrogens with one attached hydrogen (secondary N) is 1. The third kappa shape index (κ3) is 6.10. The molecule has 0 spiro atoms. The van der Waals surface area contributed by atoms with Crippen molar-refractivity contribution >= 4 is 35.5 Å². The number of rotatable bonds is 4. The van der Waals surface area contributed by atoms with E-state index in [4.69, 9.17) is 9.73 Å². The van der Waals surface area contributed by atoms with Gasteiger partial charge in [-0.05, 0) is 38.6 Å². The first kappa shape index (κ1) is 24.5. The van der Waals surface area contributed by atoms with Crippen LogP contribution in [0.4, 0.5) is 5.69 Å². The summed E-state index contributed by atoms with van der Waals surface area (Å²) in [5, 5.41) is 3.25. The molecular formula is C26H35N5O2S. The Hall–Kier alpha value is -2.58. The summed E-state index contributed by atoms with van der Waals surface area (Å²) in [7, 11) is 2.11. The molecule has 0 aromatic heterocycles. The highest BCUT2D eigenvalue weighted by atomic mass is 32.2. The molecule has 0 radical (unpaired) electrons. The highest BCUT2D eigenvalue weighted by Crippen LogP contribution is 2.44. The average molecular weight is 482 g/mol. The quantitative estimate of drug-likeness (QED) is 0.703. The summed E-state index contributed by atoms with van der Waals surface area (Å²) in [5.41, 5.74) is 2.09. The Morgan fingerprint density at radius 3 is 2.79 bits per heavy atom. The minimum Gasteiger partial charge on any atom is -0.491 e. The van der Waals surface area contributed by atoms with Crippen LogP contribution in [0.2, 0.25) is 0 Å². The molecule has 1 aromatic rings. The normalized spacial score (nSPS) is 27.1. The summed E-state index contributed by atoms with van der Waals surface area (Å²) in [6, 6.07) is 7.84. The van der Waals surface area contributed by atoms with Crippen LogP contribution in [0.3, 0.4) is 0 Å². The molecule has 3 aliphatic heterocycles. The predicted octanol–water partition coefficient (Wildman–Crippen LogP) is 4.05. The number of hydrogen-bond donors (Lipinski definition) is 1. The molecule has 1 saturated heterocycles. The van der Waals surface area contributed by atoms with Crippen molar-refractivity contribution in [3.05, 3.63) is 46.9 Å². The van der Waals surface area contributed by atoms with Gasteiger partial charge in [0.1, 0.15) is 5.75 Å². The third-order valence-electron chi connectivity index (χ3n) is 6.22. The topological polar surface area (TPSA) is 69.5 Å². The van der Waals surface area contributed by atoms with E-state index in [9.17, 15) is 4.79 Å². The van der Waals surface area contributed by atoms with E-state index in [0.717, 1.165) is 37.6 Å². The molecule has 4 rings (SSSR count). The van der Waals surface area contributed by atoms with Gasteiger partial charge < -0.3 is 19.9 Å². The number of anilines is 1. The number of likely N-dealkylation sites (N-methyl/N-ethyl adjacent to an activating group) is 1. The van der Waals surface area contributed by atoms with Gasteiger partial charge in [0.25, 0.3) is 0 Å². The number of thioether (sulfide) groups is 1. The van der Waals surface area contributed by atoms with Crippen LogP contribution >= 0.6 is 11.8 Å². The SMILES string of the molecule is CC(C)Oc1cccc(NC2=N\CC3=C(/C=C\C/C=N\2)SC(C(=O)N2CCN(C)CC2)[C@H]3C)c1. The minimum atomic E-state index is -0.0869. The van der Waals surface area contributed by atoms with E-state index in [1.807, 2.05) is 49.2 Å². The van der Waals surface area contributed by atoms with E-state index >= 15 is 0 Å². The fourth-order valence-electron chi connectivity index (χ4n) is 4.26. The Morgan fingerprint density at radius 1 is 1.24 bits per heavy atom. The number of ether oxygens (including phenoxy) is 1. The molecule has 1 aromatic carbocycles. The Bertz CT molecular complexity index is 1010. The molecule has 3 heterocycles. The van der Waals surface area contributed by atoms with Crippen LogP contribution in [0, 0.1) is 5.92 Å². The Morgan fingerprint density at radius 2 is 2.03 bits per heavy atom. The fourth-order valence-corrected chi connectivity index (χ4v) is 5.73. The molecule has 0 saturated carbocycles. The summed E-state index contributed by atoms with van der Waals surface area (Å²) in [5.74, 6) is 1.76. The second-order valence-corrected chi connectivity index (χ2v) is 10.4. The molecule has 8 heteroatoms. The predicted molar refractivity (Wildman–Crippen MR) is 142 cm³/mol. The molecule has 1 fully saturated rings. The number of aliphatic imine (C=N–C) groups is 2. The van der Waals surface area contributed by atoms with E-state index in [2.05, 4.69) is 41.3 Å². The lowest BCUT2D eigenvalue weighted by atomic mass is 9.96. The molecule has 182 valence electrons. The van der Waals surface area contributed by atoms with Gasteiger partial charge in [-0.1, -0.05) is 25.1 Å². The zero-order valence-electron chi connectivity index (χ0n) is 20.5. The van der Waals surface area contributed by atoms with E-state index in [-0.39, 0.29) is 23.2 Å². The van der Waals surface area contributed by atoms with Gasteiger partial charge in [0.05, 0.1) is 17.9 Å². The molecule has 0 bridgehead atoms. The van der Waals surface area contributed by atoms with Crippen LogP contribution in [0.5, 0.6) is 5.75 Å². The maximum absolute atomic E-state index is 13.3. The lowest BCUT2D eigenvalue weighted by Crippen LogP contribution is -2.50. The molecule has 34 heavy (non-hydrogen) atoms. The Kier molecular flexibility index (Phi) is 8.11. The lowest BCUT2D eigenvalue weighted by molar-refractivity contribution is -0.132. The standard InChI is InChI=1S/C26H35N5O2S/c1-18(2)33-21-9-7-8-20(16-21)29-26-27-11-6-5-10-23-22(17-28-26)19(3)24(34-23)25(32)31-14-12-30(4)13-15-31/h5,7-11,16,18-19,24H,6,12-15,17H2,1-4H3,(H,28,29)/b10-5-,27-11-/t19-,24?/m0/s1. The monoisotopic (exact) mass is 481 g/mol. The van der Waals surface area contributed by atoms with E-state index in [0.29, 0.717) is 18.9 Å². The summed E-state index contributed by atoms with van der Waals surface area (Å²) < 4.78 is 5.81. The van der Waals surface area contributed by atoms with Crippen molar-refractivity contribution in [3.63, 3.8) is 0 Å². The van der Waals surface area contributed by atoms with E-state index < -0.39 is 0 Å². The number of amides is 1. The molecule has 2 atom stereocenters. The minimum absolute atomic E-state index is 0.0869. The van der Waals surface area contributed by atoms with Crippen molar-refractivity contribution in [1.29, 1.82) is 0 Å². The molecule has 1 unspecified atom stereocenters. The van der Waals surface area contributed by atoms with Gasteiger partial charge in [0, 0.05) is 61.4 Å². The molecule has 1 N–H and O–H groups in total. The Balaban J connectivity index is 1.48. The summed E-state index contributed by atoms with van der Waals surface area (Å²) in [6.45, 7) is 10.2. The van der Waals surface area contributed by atoms with Crippen LogP contribution in [0.15, 0.2) is 56.9 Å². The van der Waals surface area contributed by atoms with Gasteiger partial charge in [-0.25, -0.2) is 9.98 Å². The van der Waals surface area contributed by atoms with E-state index in [1.54, 1.807) is 11.8 Å². The zero-order valence-corrected chi connectivity index (χ0v) is 21.3. The second kappa shape index (κ2) is 11.2. The van der Waals surface area contributed by atoms with Gasteiger partial charge in [0.2, 0.25) is 11.9 Å². The molecule has 3 aliphatic rings. The van der Waals surface area contributed by atoms with Crippen molar-refractivity contribution in [2.24, 2.45) is 15.9 Å². The number of piperazine rings is 1. The van der Waals surface area contributed by atoms with Crippen LogP contribution < -0.4 is 10.1 Å². The number of carbonyl (C=O) groups excluding carboxylic acids is 1. The third-order valence-corrected chi connectivity index (χ3v) is 7.73. The highest BCUT2D eigenvalue weighted by Gasteiger charge is 2.39. The van der Waals surface area contributed by atoms with E-state index in [1.165, 1.54) is 10.5 Å². The Labute approximate surface area is 207 Å². The number of nitrogens with zero attached hydrogens (tertiary/aromatic N) is 4. The van der Waals surface area contributed by atoms with Crippen molar-refractivity contribution in [2.45, 2.75) is 38.5 Å². The van der Waals surface area contributed by atoms with Gasteiger partial charge in [0.15, 0.2) is 0 Å². The summed E-state index contributed by atoms with van der Waals surface area (Å²) >= 11 is 1.69. The zero-order chi connectivity index (χ0) is 24.1. The van der Waals surface area contributed by atoms with Gasteiger partial charge in [-0.15, -0.1) is 11.8 Å². The van der Waals surface area contributed by atoms with Crippen molar-refractivity contribution in [3.8, 4) is 5.75 Å². The fraction of sp³-hybridized carbons (Fsp3) is 0.500. The summed E-state index contributed by atoms with van der Waals surface area (Å²) in [4.78, 5) is 28.2. The molecule has 1 amide bonds. The maximum atomic E-state index is 13.3.